The van der Waals surface area contributed by atoms with Crippen LogP contribution in [0.3, 0.4) is 0 Å². The Morgan fingerprint density at radius 3 is 3.04 bits per heavy atom. The summed E-state index contributed by atoms with van der Waals surface area (Å²) in [7, 11) is 5.14. The van der Waals surface area contributed by atoms with Crippen LogP contribution in [-0.4, -0.2) is 54.6 Å². The summed E-state index contributed by atoms with van der Waals surface area (Å²) in [6, 6.07) is 8.40. The zero-order valence-corrected chi connectivity index (χ0v) is 16.2. The van der Waals surface area contributed by atoms with Gasteiger partial charge in [0.1, 0.15) is 18.2 Å². The Morgan fingerprint density at radius 1 is 1.37 bits per heavy atom. The van der Waals surface area contributed by atoms with Gasteiger partial charge in [-0.3, -0.25) is 4.99 Å². The lowest BCUT2D eigenvalue weighted by molar-refractivity contribution is 0.177. The highest BCUT2D eigenvalue weighted by atomic mass is 16.5. The molecular weight excluding hydrogens is 344 g/mol. The number of ether oxygens (including phenoxy) is 2. The molecule has 2 heterocycles. The second-order valence-corrected chi connectivity index (χ2v) is 6.54. The summed E-state index contributed by atoms with van der Waals surface area (Å²) >= 11 is 0. The van der Waals surface area contributed by atoms with Crippen molar-refractivity contribution in [1.29, 1.82) is 0 Å². The highest BCUT2D eigenvalue weighted by Crippen LogP contribution is 2.14. The molecule has 0 aliphatic carbocycles. The maximum absolute atomic E-state index is 5.27. The second-order valence-electron chi connectivity index (χ2n) is 6.54. The summed E-state index contributed by atoms with van der Waals surface area (Å²) in [6.07, 6.45) is 2.80. The van der Waals surface area contributed by atoms with Crippen molar-refractivity contribution in [1.82, 2.24) is 25.4 Å². The van der Waals surface area contributed by atoms with Crippen molar-refractivity contribution in [2.75, 3.05) is 27.8 Å². The summed E-state index contributed by atoms with van der Waals surface area (Å²) in [6.45, 7) is 2.03. The molecule has 1 aromatic heterocycles. The van der Waals surface area contributed by atoms with E-state index in [4.69, 9.17) is 9.47 Å². The van der Waals surface area contributed by atoms with Crippen molar-refractivity contribution < 1.29 is 9.47 Å². The molecule has 1 atom stereocenters. The number of aromatic nitrogens is 3. The maximum atomic E-state index is 5.27. The van der Waals surface area contributed by atoms with Gasteiger partial charge in [0, 0.05) is 33.2 Å². The number of fused-ring (bicyclic) bond motifs is 1. The molecule has 3 rings (SSSR count). The standard InChI is InChI=1S/C19H28N6O2/c1-20-19(21-10-9-14-5-4-6-16(11-14)27-3)22-15-7-8-18-23-17(13-26-2)24-25(18)12-15/h4-6,11,15H,7-10,12-13H2,1-3H3,(H2,20,21,22). The van der Waals surface area contributed by atoms with E-state index in [1.54, 1.807) is 21.3 Å². The molecule has 8 nitrogen and oxygen atoms in total. The van der Waals surface area contributed by atoms with Crippen molar-refractivity contribution in [2.45, 2.75) is 38.5 Å². The number of benzene rings is 1. The molecule has 1 aromatic carbocycles. The Balaban J connectivity index is 1.48. The number of nitrogens with one attached hydrogen (secondary N) is 2. The first-order valence-corrected chi connectivity index (χ1v) is 9.23. The van der Waals surface area contributed by atoms with Crippen LogP contribution in [-0.2, 0) is 30.7 Å². The molecule has 2 N–H and O–H groups in total. The third kappa shape index (κ3) is 5.19. The zero-order chi connectivity index (χ0) is 19.1. The first-order chi connectivity index (χ1) is 13.2. The van der Waals surface area contributed by atoms with Gasteiger partial charge in [-0.1, -0.05) is 12.1 Å². The predicted molar refractivity (Wildman–Crippen MR) is 104 cm³/mol. The first kappa shape index (κ1) is 19.2. The van der Waals surface area contributed by atoms with Gasteiger partial charge in [0.2, 0.25) is 0 Å². The summed E-state index contributed by atoms with van der Waals surface area (Å²) in [5.41, 5.74) is 1.23. The van der Waals surface area contributed by atoms with E-state index in [-0.39, 0.29) is 6.04 Å². The minimum atomic E-state index is 0.276. The second kappa shape index (κ2) is 9.36. The van der Waals surface area contributed by atoms with Crippen LogP contribution in [0.1, 0.15) is 23.6 Å². The minimum absolute atomic E-state index is 0.276. The molecule has 8 heteroatoms. The van der Waals surface area contributed by atoms with Crippen LogP contribution < -0.4 is 15.4 Å². The zero-order valence-electron chi connectivity index (χ0n) is 16.2. The Morgan fingerprint density at radius 2 is 2.26 bits per heavy atom. The maximum Gasteiger partial charge on any atom is 0.191 e. The van der Waals surface area contributed by atoms with Gasteiger partial charge in [-0.2, -0.15) is 5.10 Å². The van der Waals surface area contributed by atoms with Crippen LogP contribution in [0, 0.1) is 0 Å². The third-order valence-corrected chi connectivity index (χ3v) is 4.58. The van der Waals surface area contributed by atoms with Gasteiger partial charge in [-0.25, -0.2) is 9.67 Å². The van der Waals surface area contributed by atoms with E-state index < -0.39 is 0 Å². The van der Waals surface area contributed by atoms with E-state index in [1.807, 2.05) is 16.8 Å². The van der Waals surface area contributed by atoms with E-state index in [2.05, 4.69) is 37.8 Å². The van der Waals surface area contributed by atoms with Crippen LogP contribution >= 0.6 is 0 Å². The number of aliphatic imine (C=N–C) groups is 1. The molecule has 1 unspecified atom stereocenters. The van der Waals surface area contributed by atoms with E-state index in [1.165, 1.54) is 5.56 Å². The smallest absolute Gasteiger partial charge is 0.191 e. The van der Waals surface area contributed by atoms with Crippen LogP contribution in [0.4, 0.5) is 0 Å². The van der Waals surface area contributed by atoms with Crippen LogP contribution in [0.2, 0.25) is 0 Å². The summed E-state index contributed by atoms with van der Waals surface area (Å²) in [5.74, 6) is 3.47. The van der Waals surface area contributed by atoms with Crippen molar-refractivity contribution in [3.05, 3.63) is 41.5 Å². The van der Waals surface area contributed by atoms with Crippen molar-refractivity contribution in [3.63, 3.8) is 0 Å². The Kier molecular flexibility index (Phi) is 6.64. The lowest BCUT2D eigenvalue weighted by atomic mass is 10.1. The van der Waals surface area contributed by atoms with E-state index >= 15 is 0 Å². The summed E-state index contributed by atoms with van der Waals surface area (Å²) in [5, 5.41) is 11.4. The average Bonchev–Trinajstić information content (AvgIpc) is 3.09. The molecular formula is C19H28N6O2. The monoisotopic (exact) mass is 372 g/mol. The van der Waals surface area contributed by atoms with Gasteiger partial charge >= 0.3 is 0 Å². The van der Waals surface area contributed by atoms with Gasteiger partial charge in [0.15, 0.2) is 11.8 Å². The predicted octanol–water partition coefficient (Wildman–Crippen LogP) is 1.16. The molecule has 0 fully saturated rings. The number of aryl methyl sites for hydroxylation is 1. The number of methoxy groups -OCH3 is 2. The molecule has 0 saturated carbocycles. The molecule has 27 heavy (non-hydrogen) atoms. The summed E-state index contributed by atoms with van der Waals surface area (Å²) < 4.78 is 12.4. The summed E-state index contributed by atoms with van der Waals surface area (Å²) in [4.78, 5) is 8.86. The topological polar surface area (TPSA) is 85.6 Å². The van der Waals surface area contributed by atoms with Crippen LogP contribution in [0.15, 0.2) is 29.3 Å². The van der Waals surface area contributed by atoms with E-state index in [0.717, 1.165) is 55.7 Å². The molecule has 0 radical (unpaired) electrons. The number of rotatable bonds is 7. The molecule has 0 bridgehead atoms. The van der Waals surface area contributed by atoms with Crippen molar-refractivity contribution in [3.8, 4) is 5.75 Å². The van der Waals surface area contributed by atoms with Crippen molar-refractivity contribution >= 4 is 5.96 Å². The Bertz CT molecular complexity index is 773. The van der Waals surface area contributed by atoms with Crippen molar-refractivity contribution in [2.24, 2.45) is 4.99 Å². The first-order valence-electron chi connectivity index (χ1n) is 9.23. The Labute approximate surface area is 160 Å². The molecule has 2 aromatic rings. The highest BCUT2D eigenvalue weighted by Gasteiger charge is 2.22. The molecule has 0 saturated heterocycles. The Hall–Kier alpha value is -2.61. The van der Waals surface area contributed by atoms with Gasteiger partial charge in [-0.05, 0) is 30.5 Å². The number of hydrogen-bond donors (Lipinski definition) is 2. The van der Waals surface area contributed by atoms with Gasteiger partial charge in [0.25, 0.3) is 0 Å². The van der Waals surface area contributed by atoms with Gasteiger partial charge in [-0.15, -0.1) is 0 Å². The lowest BCUT2D eigenvalue weighted by Gasteiger charge is -2.25. The quantitative estimate of drug-likeness (QED) is 0.560. The molecule has 1 aliphatic rings. The molecule has 1 aliphatic heterocycles. The molecule has 146 valence electrons. The number of nitrogens with zero attached hydrogens (tertiary/aromatic N) is 4. The van der Waals surface area contributed by atoms with Crippen LogP contribution in [0.5, 0.6) is 5.75 Å². The fourth-order valence-corrected chi connectivity index (χ4v) is 3.21. The third-order valence-electron chi connectivity index (χ3n) is 4.58. The number of guanidine groups is 1. The normalized spacial score (nSPS) is 16.7. The largest absolute Gasteiger partial charge is 0.497 e. The van der Waals surface area contributed by atoms with Crippen LogP contribution in [0.25, 0.3) is 0 Å². The van der Waals surface area contributed by atoms with E-state index in [9.17, 15) is 0 Å². The SMILES string of the molecule is CN=C(NCCc1cccc(OC)c1)NC1CCc2nc(COC)nn2C1. The average molecular weight is 372 g/mol. The lowest BCUT2D eigenvalue weighted by Crippen LogP contribution is -2.47. The minimum Gasteiger partial charge on any atom is -0.497 e. The fraction of sp³-hybridized carbons (Fsp3) is 0.526. The van der Waals surface area contributed by atoms with Gasteiger partial charge in [0.05, 0.1) is 13.7 Å². The molecule has 0 spiro atoms. The fourth-order valence-electron chi connectivity index (χ4n) is 3.21. The number of hydrogen-bond acceptors (Lipinski definition) is 5. The highest BCUT2D eigenvalue weighted by molar-refractivity contribution is 5.79. The van der Waals surface area contributed by atoms with Gasteiger partial charge < -0.3 is 20.1 Å². The van der Waals surface area contributed by atoms with E-state index in [0.29, 0.717) is 6.61 Å². The molecule has 0 amide bonds.